The van der Waals surface area contributed by atoms with Gasteiger partial charge in [-0.2, -0.15) is 0 Å². The number of fused-ring (bicyclic) bond motifs is 4. The van der Waals surface area contributed by atoms with Crippen molar-refractivity contribution in [3.63, 3.8) is 0 Å². The zero-order valence-corrected chi connectivity index (χ0v) is 42.0. The van der Waals surface area contributed by atoms with Crippen molar-refractivity contribution in [2.24, 2.45) is 0 Å². The number of hydrogen-bond donors (Lipinski definition) is 0. The van der Waals surface area contributed by atoms with Crippen LogP contribution in [0.1, 0.15) is 0 Å². The maximum absolute atomic E-state index is 5.33. The van der Waals surface area contributed by atoms with Crippen molar-refractivity contribution in [1.82, 2.24) is 39.9 Å². The van der Waals surface area contributed by atoms with Crippen molar-refractivity contribution in [2.45, 2.75) is 19.6 Å². The monoisotopic (exact) mass is 1010 g/mol. The second kappa shape index (κ2) is 19.3. The zero-order valence-electron chi connectivity index (χ0n) is 40.4. The minimum absolute atomic E-state index is 0.529. The lowest BCUT2D eigenvalue weighted by atomic mass is 9.94. The molecule has 12 aromatic rings. The molecule has 0 saturated carbocycles. The molecule has 0 N–H and O–H groups in total. The molecule has 8 heterocycles. The smallest absolute Gasteiger partial charge is 0.162 e. The van der Waals surface area contributed by atoms with Gasteiger partial charge >= 0.3 is 0 Å². The van der Waals surface area contributed by atoms with E-state index in [0.29, 0.717) is 34.4 Å². The van der Waals surface area contributed by atoms with E-state index in [1.54, 1.807) is 60.7 Å². The topological polar surface area (TPSA) is 110 Å². The Hall–Kier alpha value is -9.62. The van der Waals surface area contributed by atoms with Crippen LogP contribution < -0.4 is 9.80 Å². The third kappa shape index (κ3) is 8.50. The van der Waals surface area contributed by atoms with Gasteiger partial charge in [0.15, 0.2) is 11.6 Å². The molecule has 0 aliphatic carbocycles. The fourth-order valence-electron chi connectivity index (χ4n) is 9.81. The third-order valence-electron chi connectivity index (χ3n) is 13.3. The first-order chi connectivity index (χ1) is 37.6. The Labute approximate surface area is 447 Å². The van der Waals surface area contributed by atoms with Gasteiger partial charge in [0.1, 0.15) is 0 Å². The van der Waals surface area contributed by atoms with Gasteiger partial charge in [0.2, 0.25) is 0 Å². The van der Waals surface area contributed by atoms with Gasteiger partial charge in [-0.15, -0.1) is 0 Å². The highest BCUT2D eigenvalue weighted by atomic mass is 32.2. The summed E-state index contributed by atoms with van der Waals surface area (Å²) in [6, 6.07) is 71.7. The highest BCUT2D eigenvalue weighted by molar-refractivity contribution is 8.00. The molecule has 0 saturated heterocycles. The lowest BCUT2D eigenvalue weighted by Crippen LogP contribution is -2.17. The number of hydrogen-bond acceptors (Lipinski definition) is 12. The molecule has 0 atom stereocenters. The van der Waals surface area contributed by atoms with E-state index in [1.807, 2.05) is 72.8 Å². The molecule has 0 unspecified atom stereocenters. The van der Waals surface area contributed by atoms with Gasteiger partial charge in [-0.1, -0.05) is 84.2 Å². The predicted molar refractivity (Wildman–Crippen MR) is 304 cm³/mol. The quantitative estimate of drug-likeness (QED) is 0.137. The van der Waals surface area contributed by atoms with Crippen molar-refractivity contribution in [1.29, 1.82) is 0 Å². The largest absolute Gasteiger partial charge is 0.308 e. The molecule has 0 bridgehead atoms. The van der Waals surface area contributed by atoms with Gasteiger partial charge in [0.25, 0.3) is 0 Å². The van der Waals surface area contributed by atoms with Gasteiger partial charge in [-0.3, -0.25) is 19.9 Å². The second-order valence-electron chi connectivity index (χ2n) is 18.1. The van der Waals surface area contributed by atoms with Crippen LogP contribution in [-0.4, -0.2) is 39.9 Å². The molecule has 0 spiro atoms. The third-order valence-corrected chi connectivity index (χ3v) is 15.5. The van der Waals surface area contributed by atoms with Crippen LogP contribution in [-0.2, 0) is 0 Å². The van der Waals surface area contributed by atoms with Gasteiger partial charge in [0.05, 0.1) is 56.9 Å². The number of para-hydroxylation sites is 4. The number of nitrogens with zero attached hydrogens (tertiary/aromatic N) is 10. The van der Waals surface area contributed by atoms with Crippen LogP contribution in [0.15, 0.2) is 263 Å². The molecule has 76 heavy (non-hydrogen) atoms. The summed E-state index contributed by atoms with van der Waals surface area (Å²) >= 11 is 3.59. The van der Waals surface area contributed by atoms with Crippen molar-refractivity contribution in [2.75, 3.05) is 9.80 Å². The van der Waals surface area contributed by atoms with Crippen LogP contribution >= 0.6 is 23.5 Å². The lowest BCUT2D eigenvalue weighted by Gasteiger charge is -2.36. The first-order valence-corrected chi connectivity index (χ1v) is 26.3. The van der Waals surface area contributed by atoms with Crippen molar-refractivity contribution in [3.8, 4) is 79.2 Å². The van der Waals surface area contributed by atoms with Gasteiger partial charge in [-0.05, 0) is 157 Å². The summed E-state index contributed by atoms with van der Waals surface area (Å²) in [5.41, 5.74) is 15.8. The van der Waals surface area contributed by atoms with Gasteiger partial charge in [-0.25, -0.2) is 19.9 Å². The Morgan fingerprint density at radius 1 is 0.276 bits per heavy atom. The Balaban J connectivity index is 1.06. The molecule has 358 valence electrons. The summed E-state index contributed by atoms with van der Waals surface area (Å²) in [7, 11) is 0. The average Bonchev–Trinajstić information content (AvgIpc) is 3.56. The molecule has 12 heteroatoms. The summed E-state index contributed by atoms with van der Waals surface area (Å²) in [4.78, 5) is 48.8. The zero-order chi connectivity index (χ0) is 50.4. The highest BCUT2D eigenvalue weighted by Gasteiger charge is 2.29. The Morgan fingerprint density at radius 2 is 0.658 bits per heavy atom. The molecule has 0 radical (unpaired) electrons. The molecule has 10 nitrogen and oxygen atoms in total. The van der Waals surface area contributed by atoms with Crippen LogP contribution in [0.3, 0.4) is 0 Å². The molecule has 0 fully saturated rings. The predicted octanol–water partition coefficient (Wildman–Crippen LogP) is 16.4. The van der Waals surface area contributed by atoms with E-state index in [1.165, 1.54) is 19.6 Å². The molecule has 2 aliphatic heterocycles. The van der Waals surface area contributed by atoms with E-state index in [4.69, 9.17) is 29.9 Å². The molecule has 6 aromatic carbocycles. The SMILES string of the molecule is c1ccc(-c2cc(-c3cc(-c4cc(N5c6ccccc6Sc6ccccc65)cc(N5c6ccccc6Sc6ccccc65)c4)cc(-c4cc(-c5ccccn5)nc(-c5cccnc5)n4)c3)nc(-c3cccnc3)n2)nc1. The molecule has 2 aliphatic rings. The molecular weight excluding hydrogens is 973 g/mol. The van der Waals surface area contributed by atoms with Crippen LogP contribution in [0.5, 0.6) is 0 Å². The van der Waals surface area contributed by atoms with E-state index in [-0.39, 0.29) is 0 Å². The maximum atomic E-state index is 5.33. The van der Waals surface area contributed by atoms with E-state index < -0.39 is 0 Å². The fraction of sp³-hybridized carbons (Fsp3) is 0. The summed E-state index contributed by atoms with van der Waals surface area (Å²) in [6.45, 7) is 0. The lowest BCUT2D eigenvalue weighted by molar-refractivity contribution is 1.14. The normalized spacial score (nSPS) is 12.3. The van der Waals surface area contributed by atoms with Crippen LogP contribution in [0.2, 0.25) is 0 Å². The summed E-state index contributed by atoms with van der Waals surface area (Å²) in [6.07, 6.45) is 10.7. The molecule has 14 rings (SSSR count). The standard InChI is InChI=1S/C64H40N10S2/c1-5-23-59-55(19-1)73(56-20-2-6-24-60(56)75-59)47-34-44(35-48(36-47)74-57-21-3-7-25-61(57)76-62-26-8-4-22-58(62)74)43-31-45(51-37-53(49-17-9-11-29-67-49)71-63(69-51)41-15-13-27-65-39-41)33-46(32-43)52-38-54(50-18-10-12-30-68-50)72-64(70-52)42-16-14-28-66-40-42/h1-40H. The average molecular weight is 1010 g/mol. The maximum Gasteiger partial charge on any atom is 0.162 e. The van der Waals surface area contributed by atoms with Gasteiger partial charge < -0.3 is 9.80 Å². The molecule has 0 amide bonds. The minimum atomic E-state index is 0.529. The summed E-state index contributed by atoms with van der Waals surface area (Å²) in [5.74, 6) is 1.06. The first kappa shape index (κ1) is 45.0. The minimum Gasteiger partial charge on any atom is -0.308 e. The Kier molecular flexibility index (Phi) is 11.5. The van der Waals surface area contributed by atoms with E-state index in [9.17, 15) is 0 Å². The molecule has 6 aromatic heterocycles. The Bertz CT molecular complexity index is 3680. The molecular formula is C64H40N10S2. The first-order valence-electron chi connectivity index (χ1n) is 24.7. The van der Waals surface area contributed by atoms with E-state index in [2.05, 4.69) is 153 Å². The highest BCUT2D eigenvalue weighted by Crippen LogP contribution is 2.55. The van der Waals surface area contributed by atoms with Gasteiger partial charge in [0, 0.05) is 90.4 Å². The number of aromatic nitrogens is 8. The number of rotatable bonds is 9. The van der Waals surface area contributed by atoms with Crippen molar-refractivity contribution < 1.29 is 0 Å². The van der Waals surface area contributed by atoms with Crippen molar-refractivity contribution >= 4 is 57.6 Å². The van der Waals surface area contributed by atoms with Crippen LogP contribution in [0.25, 0.3) is 79.2 Å². The number of anilines is 6. The fourth-order valence-corrected chi connectivity index (χ4v) is 11.9. The van der Waals surface area contributed by atoms with E-state index >= 15 is 0 Å². The number of pyridine rings is 4. The Morgan fingerprint density at radius 3 is 1.05 bits per heavy atom. The summed E-state index contributed by atoms with van der Waals surface area (Å²) in [5, 5.41) is 0. The van der Waals surface area contributed by atoms with Crippen LogP contribution in [0, 0.1) is 0 Å². The van der Waals surface area contributed by atoms with Crippen LogP contribution in [0.4, 0.5) is 34.1 Å². The number of benzene rings is 6. The second-order valence-corrected chi connectivity index (χ2v) is 20.3. The van der Waals surface area contributed by atoms with Crippen molar-refractivity contribution in [3.05, 3.63) is 243 Å². The van der Waals surface area contributed by atoms with E-state index in [0.717, 1.165) is 78.9 Å². The summed E-state index contributed by atoms with van der Waals surface area (Å²) < 4.78 is 0.